The molecule has 0 aromatic heterocycles. The first-order valence-electron chi connectivity index (χ1n) is 6.24. The fraction of sp³-hybridized carbons (Fsp3) is 0.0588. The maximum absolute atomic E-state index is 13.9. The van der Waals surface area contributed by atoms with Crippen molar-refractivity contribution in [2.45, 2.75) is 4.83 Å². The van der Waals surface area contributed by atoms with E-state index in [-0.39, 0.29) is 10.6 Å². The molecular weight excluding hydrogens is 383 g/mol. The van der Waals surface area contributed by atoms with Crippen LogP contribution in [-0.4, -0.2) is 0 Å². The van der Waals surface area contributed by atoms with E-state index < -0.39 is 0 Å². The Morgan fingerprint density at radius 2 is 1.40 bits per heavy atom. The van der Waals surface area contributed by atoms with Crippen molar-refractivity contribution in [1.82, 2.24) is 0 Å². The van der Waals surface area contributed by atoms with Gasteiger partial charge in [0, 0.05) is 9.86 Å². The van der Waals surface area contributed by atoms with Crippen LogP contribution in [0, 0.1) is 5.82 Å². The van der Waals surface area contributed by atoms with Crippen molar-refractivity contribution in [2.24, 2.45) is 0 Å². The predicted molar refractivity (Wildman–Crippen MR) is 88.8 cm³/mol. The Bertz CT molecular complexity index is 768. The number of hydrogen-bond acceptors (Lipinski definition) is 0. The van der Waals surface area contributed by atoms with Crippen molar-refractivity contribution in [3.05, 3.63) is 82.1 Å². The monoisotopic (exact) mass is 392 g/mol. The Kier molecular flexibility index (Phi) is 3.90. The van der Waals surface area contributed by atoms with Crippen LogP contribution in [0.3, 0.4) is 0 Å². The first kappa shape index (κ1) is 13.8. The number of halogens is 3. The highest BCUT2D eigenvalue weighted by molar-refractivity contribution is 9.11. The van der Waals surface area contributed by atoms with E-state index in [0.29, 0.717) is 5.39 Å². The minimum Gasteiger partial charge on any atom is -0.206 e. The molecule has 0 fully saturated rings. The maximum atomic E-state index is 13.9. The van der Waals surface area contributed by atoms with Crippen LogP contribution in [0.5, 0.6) is 0 Å². The molecule has 0 spiro atoms. The molecule has 3 heteroatoms. The van der Waals surface area contributed by atoms with E-state index in [2.05, 4.69) is 37.9 Å². The van der Waals surface area contributed by atoms with Gasteiger partial charge in [0.25, 0.3) is 0 Å². The Balaban J connectivity index is 2.20. The van der Waals surface area contributed by atoms with Gasteiger partial charge in [-0.2, -0.15) is 0 Å². The zero-order valence-electron chi connectivity index (χ0n) is 10.5. The first-order valence-corrected chi connectivity index (χ1v) is 7.95. The molecule has 1 atom stereocenters. The smallest absolute Gasteiger partial charge is 0.131 e. The lowest BCUT2D eigenvalue weighted by atomic mass is 9.98. The van der Waals surface area contributed by atoms with Crippen LogP contribution in [0.1, 0.15) is 16.0 Å². The summed E-state index contributed by atoms with van der Waals surface area (Å²) in [5, 5.41) is 1.59. The SMILES string of the molecule is Fc1ccc(C(Br)c2ccccc2Br)c2ccccc12. The average Bonchev–Trinajstić information content (AvgIpc) is 2.48. The highest BCUT2D eigenvalue weighted by atomic mass is 79.9. The molecule has 100 valence electrons. The van der Waals surface area contributed by atoms with Crippen molar-refractivity contribution in [3.63, 3.8) is 0 Å². The van der Waals surface area contributed by atoms with Gasteiger partial charge < -0.3 is 0 Å². The normalized spacial score (nSPS) is 12.6. The molecule has 0 radical (unpaired) electrons. The average molecular weight is 394 g/mol. The molecule has 3 aromatic carbocycles. The number of hydrogen-bond donors (Lipinski definition) is 0. The molecule has 0 saturated carbocycles. The Morgan fingerprint density at radius 1 is 0.750 bits per heavy atom. The molecule has 20 heavy (non-hydrogen) atoms. The van der Waals surface area contributed by atoms with Gasteiger partial charge in [-0.3, -0.25) is 0 Å². The molecule has 0 aliphatic rings. The quantitative estimate of drug-likeness (QED) is 0.453. The molecule has 0 N–H and O–H groups in total. The zero-order chi connectivity index (χ0) is 14.1. The number of fused-ring (bicyclic) bond motifs is 1. The largest absolute Gasteiger partial charge is 0.206 e. The second-order valence-electron chi connectivity index (χ2n) is 4.57. The Morgan fingerprint density at radius 3 is 2.15 bits per heavy atom. The number of benzene rings is 3. The van der Waals surface area contributed by atoms with Crippen LogP contribution < -0.4 is 0 Å². The van der Waals surface area contributed by atoms with E-state index in [4.69, 9.17) is 0 Å². The third-order valence-corrected chi connectivity index (χ3v) is 5.06. The van der Waals surface area contributed by atoms with Crippen LogP contribution in [0.15, 0.2) is 65.1 Å². The topological polar surface area (TPSA) is 0 Å². The van der Waals surface area contributed by atoms with Gasteiger partial charge in [0.05, 0.1) is 4.83 Å². The third kappa shape index (κ3) is 2.40. The summed E-state index contributed by atoms with van der Waals surface area (Å²) in [5.74, 6) is -0.184. The standard InChI is InChI=1S/C17H11Br2F/c18-15-8-4-3-7-14(15)17(19)13-9-10-16(20)12-6-2-1-5-11(12)13/h1-10,17H. The van der Waals surface area contributed by atoms with Crippen molar-refractivity contribution < 1.29 is 4.39 Å². The highest BCUT2D eigenvalue weighted by Gasteiger charge is 2.16. The second kappa shape index (κ2) is 5.66. The summed E-state index contributed by atoms with van der Waals surface area (Å²) in [6.07, 6.45) is 0. The lowest BCUT2D eigenvalue weighted by Crippen LogP contribution is -1.96. The van der Waals surface area contributed by atoms with Crippen molar-refractivity contribution in [1.29, 1.82) is 0 Å². The predicted octanol–water partition coefficient (Wildman–Crippen LogP) is 6.23. The molecule has 0 heterocycles. The van der Waals surface area contributed by atoms with Gasteiger partial charge in [-0.25, -0.2) is 4.39 Å². The molecule has 0 aliphatic carbocycles. The highest BCUT2D eigenvalue weighted by Crippen LogP contribution is 2.38. The van der Waals surface area contributed by atoms with Gasteiger partial charge in [-0.05, 0) is 28.6 Å². The summed E-state index contributed by atoms with van der Waals surface area (Å²) < 4.78 is 14.9. The maximum Gasteiger partial charge on any atom is 0.131 e. The van der Waals surface area contributed by atoms with Crippen molar-refractivity contribution in [3.8, 4) is 0 Å². The lowest BCUT2D eigenvalue weighted by molar-refractivity contribution is 0.639. The molecule has 0 aliphatic heterocycles. The summed E-state index contributed by atoms with van der Waals surface area (Å²) in [5.41, 5.74) is 2.19. The van der Waals surface area contributed by atoms with Crippen molar-refractivity contribution >= 4 is 42.6 Å². The molecule has 3 aromatic rings. The molecule has 3 rings (SSSR count). The van der Waals surface area contributed by atoms with E-state index in [1.165, 1.54) is 6.07 Å². The number of rotatable bonds is 2. The fourth-order valence-corrected chi connectivity index (χ4v) is 3.97. The molecule has 0 bridgehead atoms. The van der Waals surface area contributed by atoms with Gasteiger partial charge in [0.1, 0.15) is 5.82 Å². The van der Waals surface area contributed by atoms with Crippen LogP contribution in [0.25, 0.3) is 10.8 Å². The van der Waals surface area contributed by atoms with E-state index >= 15 is 0 Å². The molecule has 1 unspecified atom stereocenters. The summed E-state index contributed by atoms with van der Waals surface area (Å²) >= 11 is 7.31. The van der Waals surface area contributed by atoms with Crippen LogP contribution >= 0.6 is 31.9 Å². The van der Waals surface area contributed by atoms with Gasteiger partial charge in [0.2, 0.25) is 0 Å². The minimum atomic E-state index is -0.184. The molecule has 0 nitrogen and oxygen atoms in total. The number of alkyl halides is 1. The van der Waals surface area contributed by atoms with Gasteiger partial charge >= 0.3 is 0 Å². The third-order valence-electron chi connectivity index (χ3n) is 3.36. The van der Waals surface area contributed by atoms with E-state index in [0.717, 1.165) is 21.0 Å². The fourth-order valence-electron chi connectivity index (χ4n) is 2.35. The van der Waals surface area contributed by atoms with E-state index in [1.807, 2.05) is 48.5 Å². The molecule has 0 saturated heterocycles. The first-order chi connectivity index (χ1) is 9.68. The summed E-state index contributed by atoms with van der Waals surface area (Å²) in [6, 6.07) is 19.0. The van der Waals surface area contributed by atoms with Crippen LogP contribution in [-0.2, 0) is 0 Å². The minimum absolute atomic E-state index is 0.0172. The van der Waals surface area contributed by atoms with Gasteiger partial charge in [-0.1, -0.05) is 80.4 Å². The summed E-state index contributed by atoms with van der Waals surface area (Å²) in [6.45, 7) is 0. The molecular formula is C17H11Br2F. The van der Waals surface area contributed by atoms with Crippen LogP contribution in [0.2, 0.25) is 0 Å². The Labute approximate surface area is 133 Å². The Hall–Kier alpha value is -1.19. The second-order valence-corrected chi connectivity index (χ2v) is 6.34. The van der Waals surface area contributed by atoms with E-state index in [9.17, 15) is 4.39 Å². The van der Waals surface area contributed by atoms with Crippen molar-refractivity contribution in [2.75, 3.05) is 0 Å². The zero-order valence-corrected chi connectivity index (χ0v) is 13.7. The van der Waals surface area contributed by atoms with Gasteiger partial charge in [0.15, 0.2) is 0 Å². The lowest BCUT2D eigenvalue weighted by Gasteiger charge is -2.15. The summed E-state index contributed by atoms with van der Waals surface area (Å²) in [7, 11) is 0. The van der Waals surface area contributed by atoms with Crippen LogP contribution in [0.4, 0.5) is 4.39 Å². The molecule has 0 amide bonds. The summed E-state index contributed by atoms with van der Waals surface area (Å²) in [4.78, 5) is 0.0172. The van der Waals surface area contributed by atoms with E-state index in [1.54, 1.807) is 0 Å². The van der Waals surface area contributed by atoms with Gasteiger partial charge in [-0.15, -0.1) is 0 Å².